The molecule has 4 nitrogen and oxygen atoms in total. The van der Waals surface area contributed by atoms with Crippen LogP contribution in [0, 0.1) is 0 Å². The van der Waals surface area contributed by atoms with E-state index in [1.807, 2.05) is 0 Å². The molecule has 0 N–H and O–H groups in total. The van der Waals surface area contributed by atoms with Crippen LogP contribution in [0.25, 0.3) is 55.3 Å². The van der Waals surface area contributed by atoms with Gasteiger partial charge >= 0.3 is 0 Å². The van der Waals surface area contributed by atoms with Crippen molar-refractivity contribution in [1.82, 2.24) is 14.1 Å². The molecule has 4 heterocycles. The quantitative estimate of drug-likeness (QED) is 0.194. The van der Waals surface area contributed by atoms with E-state index in [0.29, 0.717) is 0 Å². The summed E-state index contributed by atoms with van der Waals surface area (Å²) in [5, 5.41) is 2.54. The van der Waals surface area contributed by atoms with E-state index in [1.54, 1.807) is 0 Å². The maximum Gasteiger partial charge on any atom is 0.137 e. The summed E-state index contributed by atoms with van der Waals surface area (Å²) in [6.07, 6.45) is 3.20. The first-order valence-electron chi connectivity index (χ1n) is 15.9. The molecule has 0 saturated heterocycles. The van der Waals surface area contributed by atoms with Crippen molar-refractivity contribution in [2.24, 2.45) is 0 Å². The van der Waals surface area contributed by atoms with Crippen molar-refractivity contribution in [3.05, 3.63) is 151 Å². The van der Waals surface area contributed by atoms with Crippen molar-refractivity contribution >= 4 is 44.2 Å². The second-order valence-electron chi connectivity index (χ2n) is 12.3. The van der Waals surface area contributed by atoms with Gasteiger partial charge in [0.05, 0.1) is 33.8 Å². The fourth-order valence-electron chi connectivity index (χ4n) is 7.99. The summed E-state index contributed by atoms with van der Waals surface area (Å²) in [4.78, 5) is 8.07. The van der Waals surface area contributed by atoms with Crippen LogP contribution >= 0.6 is 0 Å². The molecule has 4 heteroatoms. The standard InChI is InChI=1S/C41H30N4/c1-6-18-34-27(12-1)13-11-23-39-41-42-33-25-24-28(43-35-19-7-2-14-29(35)30-15-3-8-20-36(30)43)26-40(33)45(41)38-22-10-5-17-32(38)31-16-4-9-21-37(31)44(34)39/h1-10,12,14-22,24-26,39H,11,13,23H2. The molecule has 10 rings (SSSR count). The summed E-state index contributed by atoms with van der Waals surface area (Å²) in [7, 11) is 0. The summed E-state index contributed by atoms with van der Waals surface area (Å²) >= 11 is 0. The number of para-hydroxylation sites is 5. The molecule has 6 aromatic carbocycles. The lowest BCUT2D eigenvalue weighted by Crippen LogP contribution is -2.28. The molecular weight excluding hydrogens is 548 g/mol. The minimum absolute atomic E-state index is 0.0900. The first-order valence-corrected chi connectivity index (χ1v) is 15.9. The van der Waals surface area contributed by atoms with Gasteiger partial charge in [-0.05, 0) is 73.4 Å². The van der Waals surface area contributed by atoms with Crippen molar-refractivity contribution in [3.63, 3.8) is 0 Å². The van der Waals surface area contributed by atoms with E-state index in [9.17, 15) is 0 Å². The molecule has 0 spiro atoms. The van der Waals surface area contributed by atoms with Gasteiger partial charge in [0.2, 0.25) is 0 Å². The minimum Gasteiger partial charge on any atom is -0.330 e. The molecule has 0 bridgehead atoms. The Labute approximate surface area is 261 Å². The van der Waals surface area contributed by atoms with Crippen molar-refractivity contribution < 1.29 is 0 Å². The van der Waals surface area contributed by atoms with Crippen LogP contribution in [0.1, 0.15) is 30.3 Å². The summed E-state index contributed by atoms with van der Waals surface area (Å²) in [6.45, 7) is 0. The van der Waals surface area contributed by atoms with Crippen LogP contribution in [0.5, 0.6) is 0 Å². The average Bonchev–Trinajstić information content (AvgIpc) is 3.56. The van der Waals surface area contributed by atoms with Crippen LogP contribution in [0.4, 0.5) is 11.4 Å². The predicted molar refractivity (Wildman–Crippen MR) is 185 cm³/mol. The van der Waals surface area contributed by atoms with Gasteiger partial charge in [-0.25, -0.2) is 4.98 Å². The Balaban J connectivity index is 1.31. The van der Waals surface area contributed by atoms with Crippen molar-refractivity contribution in [2.75, 3.05) is 4.90 Å². The lowest BCUT2D eigenvalue weighted by atomic mass is 9.96. The molecule has 0 amide bonds. The Morgan fingerprint density at radius 2 is 1.16 bits per heavy atom. The Hall–Kier alpha value is -5.61. The minimum atomic E-state index is 0.0900. The third-order valence-corrected chi connectivity index (χ3v) is 9.89. The van der Waals surface area contributed by atoms with E-state index in [-0.39, 0.29) is 6.04 Å². The van der Waals surface area contributed by atoms with Gasteiger partial charge in [-0.2, -0.15) is 0 Å². The Bertz CT molecular complexity index is 2390. The van der Waals surface area contributed by atoms with Crippen LogP contribution in [0.2, 0.25) is 0 Å². The number of benzene rings is 6. The summed E-state index contributed by atoms with van der Waals surface area (Å²) < 4.78 is 4.87. The molecule has 2 aromatic heterocycles. The average molecular weight is 579 g/mol. The number of aryl methyl sites for hydroxylation is 1. The number of nitrogens with zero attached hydrogens (tertiary/aromatic N) is 4. The Morgan fingerprint density at radius 3 is 1.93 bits per heavy atom. The summed E-state index contributed by atoms with van der Waals surface area (Å²) in [5.41, 5.74) is 13.3. The van der Waals surface area contributed by atoms with Crippen LogP contribution in [0.3, 0.4) is 0 Å². The molecule has 0 fully saturated rings. The molecule has 1 atom stereocenters. The molecular formula is C41H30N4. The topological polar surface area (TPSA) is 26.0 Å². The fraction of sp³-hybridized carbons (Fsp3) is 0.0976. The summed E-state index contributed by atoms with van der Waals surface area (Å²) in [6, 6.07) is 51.1. The number of anilines is 2. The molecule has 214 valence electrons. The van der Waals surface area contributed by atoms with Crippen LogP contribution in [0.15, 0.2) is 140 Å². The van der Waals surface area contributed by atoms with E-state index in [2.05, 4.69) is 154 Å². The largest absolute Gasteiger partial charge is 0.330 e. The summed E-state index contributed by atoms with van der Waals surface area (Å²) in [5.74, 6) is 1.10. The SMILES string of the molecule is c1ccc2c(c1)CCCC1c3nc4ccc(-n5c6ccccc6c6ccccc65)cc4n3-c3ccccc3-c3ccccc3N21. The zero-order valence-corrected chi connectivity index (χ0v) is 24.8. The Morgan fingerprint density at radius 1 is 0.533 bits per heavy atom. The van der Waals surface area contributed by atoms with Gasteiger partial charge < -0.3 is 9.47 Å². The molecule has 0 aliphatic carbocycles. The zero-order valence-electron chi connectivity index (χ0n) is 24.8. The second-order valence-corrected chi connectivity index (χ2v) is 12.3. The smallest absolute Gasteiger partial charge is 0.137 e. The van der Waals surface area contributed by atoms with Gasteiger partial charge in [0, 0.05) is 39.0 Å². The number of rotatable bonds is 1. The van der Waals surface area contributed by atoms with Gasteiger partial charge in [0.15, 0.2) is 0 Å². The first-order chi connectivity index (χ1) is 22.3. The highest BCUT2D eigenvalue weighted by molar-refractivity contribution is 6.09. The molecule has 8 aromatic rings. The molecule has 0 radical (unpaired) electrons. The molecule has 45 heavy (non-hydrogen) atoms. The highest BCUT2D eigenvalue weighted by Crippen LogP contribution is 2.49. The van der Waals surface area contributed by atoms with E-state index in [0.717, 1.165) is 41.8 Å². The third kappa shape index (κ3) is 3.51. The third-order valence-electron chi connectivity index (χ3n) is 9.89. The number of hydrogen-bond donors (Lipinski definition) is 0. The zero-order chi connectivity index (χ0) is 29.5. The van der Waals surface area contributed by atoms with Gasteiger partial charge in [0.1, 0.15) is 5.82 Å². The normalized spacial score (nSPS) is 15.5. The number of hydrogen-bond acceptors (Lipinski definition) is 2. The number of imidazole rings is 1. The van der Waals surface area contributed by atoms with Gasteiger partial charge in [-0.15, -0.1) is 0 Å². The van der Waals surface area contributed by atoms with Crippen LogP contribution < -0.4 is 4.90 Å². The molecule has 2 aliphatic rings. The van der Waals surface area contributed by atoms with E-state index in [1.165, 1.54) is 55.6 Å². The van der Waals surface area contributed by atoms with E-state index < -0.39 is 0 Å². The maximum atomic E-state index is 5.48. The lowest BCUT2D eigenvalue weighted by Gasteiger charge is -2.37. The van der Waals surface area contributed by atoms with Crippen LogP contribution in [-0.2, 0) is 6.42 Å². The number of aromatic nitrogens is 3. The molecule has 1 unspecified atom stereocenters. The maximum absolute atomic E-state index is 5.48. The van der Waals surface area contributed by atoms with E-state index in [4.69, 9.17) is 4.98 Å². The van der Waals surface area contributed by atoms with E-state index >= 15 is 0 Å². The Kier molecular flexibility index (Phi) is 5.20. The van der Waals surface area contributed by atoms with Crippen molar-refractivity contribution in [2.45, 2.75) is 25.3 Å². The monoisotopic (exact) mass is 578 g/mol. The van der Waals surface area contributed by atoms with Crippen molar-refractivity contribution in [1.29, 1.82) is 0 Å². The first kappa shape index (κ1) is 24.8. The highest BCUT2D eigenvalue weighted by Gasteiger charge is 2.35. The molecule has 0 saturated carbocycles. The van der Waals surface area contributed by atoms with Gasteiger partial charge in [-0.1, -0.05) is 91.0 Å². The number of fused-ring (bicyclic) bond motifs is 15. The second kappa shape index (κ2) is 9.44. The lowest BCUT2D eigenvalue weighted by molar-refractivity contribution is 0.579. The fourth-order valence-corrected chi connectivity index (χ4v) is 7.99. The highest BCUT2D eigenvalue weighted by atomic mass is 15.2. The molecule has 2 aliphatic heterocycles. The van der Waals surface area contributed by atoms with Crippen molar-refractivity contribution in [3.8, 4) is 22.5 Å². The van der Waals surface area contributed by atoms with Gasteiger partial charge in [0.25, 0.3) is 0 Å². The predicted octanol–water partition coefficient (Wildman–Crippen LogP) is 10.3. The van der Waals surface area contributed by atoms with Gasteiger partial charge in [-0.3, -0.25) is 4.57 Å². The van der Waals surface area contributed by atoms with Crippen LogP contribution in [-0.4, -0.2) is 14.1 Å².